The fourth-order valence-electron chi connectivity index (χ4n) is 4.12. The van der Waals surface area contributed by atoms with Gasteiger partial charge in [0, 0.05) is 28.8 Å². The van der Waals surface area contributed by atoms with E-state index >= 15 is 0 Å². The van der Waals surface area contributed by atoms with Crippen LogP contribution in [0.2, 0.25) is 0 Å². The maximum Gasteiger partial charge on any atom is 0.337 e. The molecule has 10 nitrogen and oxygen atoms in total. The van der Waals surface area contributed by atoms with Crippen LogP contribution in [0.3, 0.4) is 0 Å². The molecule has 0 aliphatic carbocycles. The summed E-state index contributed by atoms with van der Waals surface area (Å²) in [6, 6.07) is 16.3. The second kappa shape index (κ2) is 10.1. The summed E-state index contributed by atoms with van der Waals surface area (Å²) in [6.07, 6.45) is 6.10. The molecule has 4 aromatic rings. The van der Waals surface area contributed by atoms with Crippen LogP contribution in [-0.2, 0) is 0 Å². The molecule has 5 rings (SSSR count). The molecule has 1 saturated heterocycles. The van der Waals surface area contributed by atoms with Crippen molar-refractivity contribution >= 4 is 23.3 Å². The van der Waals surface area contributed by atoms with Crippen LogP contribution < -0.4 is 9.64 Å². The van der Waals surface area contributed by atoms with E-state index in [0.717, 1.165) is 23.5 Å². The number of para-hydroxylation sites is 1. The van der Waals surface area contributed by atoms with Crippen molar-refractivity contribution in [2.24, 2.45) is 0 Å². The number of ether oxygens (including phenoxy) is 1. The predicted octanol–water partition coefficient (Wildman–Crippen LogP) is 4.20. The number of methoxy groups -OCH3 is 1. The van der Waals surface area contributed by atoms with Crippen molar-refractivity contribution in [3.63, 3.8) is 0 Å². The minimum atomic E-state index is -0.406. The Morgan fingerprint density at radius 3 is 2.74 bits per heavy atom. The van der Waals surface area contributed by atoms with Gasteiger partial charge < -0.3 is 9.64 Å². The Morgan fingerprint density at radius 2 is 2.00 bits per heavy atom. The number of aromatic nitrogens is 5. The summed E-state index contributed by atoms with van der Waals surface area (Å²) in [4.78, 5) is 27.4. The SMILES string of the molecule is COc1ccccc1SC1CCN(c2ncnc(-c3[c]ccc(-n4cncn4)c3)c2[N+](=O)[O-])CC1. The van der Waals surface area contributed by atoms with Gasteiger partial charge in [-0.05, 0) is 43.2 Å². The van der Waals surface area contributed by atoms with Crippen LogP contribution >= 0.6 is 11.8 Å². The second-order valence-electron chi connectivity index (χ2n) is 7.91. The van der Waals surface area contributed by atoms with E-state index in [4.69, 9.17) is 4.74 Å². The summed E-state index contributed by atoms with van der Waals surface area (Å²) in [5, 5.41) is 16.7. The van der Waals surface area contributed by atoms with Crippen molar-refractivity contribution in [1.29, 1.82) is 0 Å². The Balaban J connectivity index is 1.38. The molecule has 35 heavy (non-hydrogen) atoms. The minimum absolute atomic E-state index is 0.115. The van der Waals surface area contributed by atoms with E-state index in [-0.39, 0.29) is 11.4 Å². The first-order valence-electron chi connectivity index (χ1n) is 11.0. The third-order valence-electron chi connectivity index (χ3n) is 5.81. The van der Waals surface area contributed by atoms with Crippen molar-refractivity contribution in [2.45, 2.75) is 23.0 Å². The van der Waals surface area contributed by atoms with Crippen LogP contribution in [0.15, 0.2) is 66.3 Å². The largest absolute Gasteiger partial charge is 0.496 e. The van der Waals surface area contributed by atoms with Gasteiger partial charge in [0.15, 0.2) is 5.69 Å². The number of piperidine rings is 1. The maximum atomic E-state index is 12.2. The highest BCUT2D eigenvalue weighted by atomic mass is 32.2. The van der Waals surface area contributed by atoms with Gasteiger partial charge in [0.2, 0.25) is 5.82 Å². The topological polar surface area (TPSA) is 112 Å². The van der Waals surface area contributed by atoms with Crippen LogP contribution in [-0.4, -0.2) is 55.1 Å². The average Bonchev–Trinajstić information content (AvgIpc) is 3.44. The summed E-state index contributed by atoms with van der Waals surface area (Å²) in [5.41, 5.74) is 1.32. The Labute approximate surface area is 206 Å². The summed E-state index contributed by atoms with van der Waals surface area (Å²) < 4.78 is 7.05. The molecule has 11 heteroatoms. The highest BCUT2D eigenvalue weighted by molar-refractivity contribution is 8.00. The van der Waals surface area contributed by atoms with Crippen LogP contribution in [0.5, 0.6) is 5.75 Å². The van der Waals surface area contributed by atoms with Crippen LogP contribution in [0.1, 0.15) is 12.8 Å². The average molecular weight is 489 g/mol. The monoisotopic (exact) mass is 488 g/mol. The van der Waals surface area contributed by atoms with E-state index < -0.39 is 4.92 Å². The Kier molecular flexibility index (Phi) is 6.57. The lowest BCUT2D eigenvalue weighted by Crippen LogP contribution is -2.35. The van der Waals surface area contributed by atoms with Crippen molar-refractivity contribution in [3.8, 4) is 22.7 Å². The molecule has 0 bridgehead atoms. The standard InChI is InChI=1S/C24H22N7O3S/c1-34-20-7-2-3-8-21(20)35-19-9-11-29(12-10-19)24-23(31(32)33)22(26-15-27-24)17-5-4-6-18(13-17)30-16-25-14-28-30/h2-4,6-8,13-16,19H,9-12H2,1H3. The fourth-order valence-corrected chi connectivity index (χ4v) is 5.35. The molecule has 1 aliphatic rings. The van der Waals surface area contributed by atoms with Gasteiger partial charge in [-0.2, -0.15) is 5.10 Å². The van der Waals surface area contributed by atoms with Gasteiger partial charge in [-0.25, -0.2) is 19.6 Å². The number of nitro groups is 1. The van der Waals surface area contributed by atoms with E-state index in [1.807, 2.05) is 23.1 Å². The number of nitrogens with zero attached hydrogens (tertiary/aromatic N) is 7. The summed E-state index contributed by atoms with van der Waals surface area (Å²) in [7, 11) is 1.67. The van der Waals surface area contributed by atoms with Crippen LogP contribution in [0.25, 0.3) is 16.9 Å². The lowest BCUT2D eigenvalue weighted by Gasteiger charge is -2.32. The van der Waals surface area contributed by atoms with Gasteiger partial charge in [-0.1, -0.05) is 18.2 Å². The normalized spacial score (nSPS) is 14.1. The molecule has 0 spiro atoms. The number of rotatable bonds is 7. The maximum absolute atomic E-state index is 12.2. The van der Waals surface area contributed by atoms with Crippen molar-refractivity contribution in [1.82, 2.24) is 24.7 Å². The summed E-state index contributed by atoms with van der Waals surface area (Å²) in [5.74, 6) is 1.20. The van der Waals surface area contributed by atoms with E-state index in [1.54, 1.807) is 48.1 Å². The molecular formula is C24H22N7O3S. The first kappa shape index (κ1) is 22.8. The minimum Gasteiger partial charge on any atom is -0.496 e. The Bertz CT molecular complexity index is 1320. The third kappa shape index (κ3) is 4.80. The number of benzene rings is 2. The molecule has 2 aromatic heterocycles. The quantitative estimate of drug-likeness (QED) is 0.279. The van der Waals surface area contributed by atoms with Crippen molar-refractivity contribution in [2.75, 3.05) is 25.1 Å². The number of hydrogen-bond acceptors (Lipinski definition) is 9. The van der Waals surface area contributed by atoms with Gasteiger partial charge >= 0.3 is 5.69 Å². The van der Waals surface area contributed by atoms with Crippen LogP contribution in [0, 0.1) is 16.2 Å². The first-order valence-corrected chi connectivity index (χ1v) is 11.9. The first-order chi connectivity index (χ1) is 17.1. The molecule has 3 heterocycles. The van der Waals surface area contributed by atoms with Crippen LogP contribution in [0.4, 0.5) is 11.5 Å². The van der Waals surface area contributed by atoms with Gasteiger partial charge in [-0.15, -0.1) is 11.8 Å². The molecule has 0 N–H and O–H groups in total. The van der Waals surface area contributed by atoms with Gasteiger partial charge in [0.1, 0.15) is 24.7 Å². The summed E-state index contributed by atoms with van der Waals surface area (Å²) >= 11 is 1.79. The van der Waals surface area contributed by atoms with E-state index in [0.29, 0.717) is 35.4 Å². The molecule has 1 radical (unpaired) electrons. The van der Waals surface area contributed by atoms with Crippen molar-refractivity contribution in [3.05, 3.63) is 77.6 Å². The molecule has 177 valence electrons. The molecule has 1 fully saturated rings. The molecule has 0 unspecified atom stereocenters. The van der Waals surface area contributed by atoms with E-state index in [1.165, 1.54) is 12.7 Å². The van der Waals surface area contributed by atoms with Gasteiger partial charge in [-0.3, -0.25) is 10.1 Å². The zero-order chi connectivity index (χ0) is 24.2. The highest BCUT2D eigenvalue weighted by Gasteiger charge is 2.31. The molecular weight excluding hydrogens is 466 g/mol. The number of thioether (sulfide) groups is 1. The zero-order valence-corrected chi connectivity index (χ0v) is 19.8. The number of hydrogen-bond donors (Lipinski definition) is 0. The molecule has 2 aromatic carbocycles. The lowest BCUT2D eigenvalue weighted by atomic mass is 10.1. The Hall–Kier alpha value is -3.99. The predicted molar refractivity (Wildman–Crippen MR) is 132 cm³/mol. The fraction of sp³-hybridized carbons (Fsp3) is 0.250. The molecule has 0 amide bonds. The zero-order valence-electron chi connectivity index (χ0n) is 18.9. The highest BCUT2D eigenvalue weighted by Crippen LogP contribution is 2.39. The molecule has 0 saturated carbocycles. The third-order valence-corrected chi connectivity index (χ3v) is 7.21. The van der Waals surface area contributed by atoms with Gasteiger partial charge in [0.25, 0.3) is 0 Å². The van der Waals surface area contributed by atoms with E-state index in [9.17, 15) is 10.1 Å². The van der Waals surface area contributed by atoms with E-state index in [2.05, 4.69) is 32.2 Å². The lowest BCUT2D eigenvalue weighted by molar-refractivity contribution is -0.383. The molecule has 1 aliphatic heterocycles. The second-order valence-corrected chi connectivity index (χ2v) is 9.25. The summed E-state index contributed by atoms with van der Waals surface area (Å²) in [6.45, 7) is 1.32. The smallest absolute Gasteiger partial charge is 0.337 e. The van der Waals surface area contributed by atoms with Gasteiger partial charge in [0.05, 0.1) is 17.7 Å². The van der Waals surface area contributed by atoms with Crippen molar-refractivity contribution < 1.29 is 9.66 Å². The molecule has 0 atom stereocenters. The number of anilines is 1. The Morgan fingerprint density at radius 1 is 1.17 bits per heavy atom.